The second-order valence-corrected chi connectivity index (χ2v) is 6.46. The van der Waals surface area contributed by atoms with E-state index >= 15 is 0 Å². The van der Waals surface area contributed by atoms with E-state index in [1.807, 2.05) is 23.8 Å². The van der Waals surface area contributed by atoms with E-state index < -0.39 is 0 Å². The predicted octanol–water partition coefficient (Wildman–Crippen LogP) is 2.76. The molecule has 1 N–H and O–H groups in total. The molecular weight excluding hydrogens is 276 g/mol. The van der Waals surface area contributed by atoms with Crippen LogP contribution in [-0.2, 0) is 12.8 Å². The number of fused-ring (bicyclic) bond motifs is 1. The van der Waals surface area contributed by atoms with Crippen molar-refractivity contribution in [2.75, 3.05) is 6.26 Å². The van der Waals surface area contributed by atoms with Crippen LogP contribution in [-0.4, -0.2) is 23.2 Å². The van der Waals surface area contributed by atoms with Crippen molar-refractivity contribution in [2.24, 2.45) is 0 Å². The fourth-order valence-corrected chi connectivity index (χ4v) is 3.62. The number of rotatable bonds is 3. The van der Waals surface area contributed by atoms with Crippen LogP contribution in [0.25, 0.3) is 0 Å². The summed E-state index contributed by atoms with van der Waals surface area (Å²) in [5, 5.41) is 4.90. The smallest absolute Gasteiger partial charge is 0.271 e. The molecule has 3 rings (SSSR count). The topological polar surface area (TPSA) is 42.0 Å². The van der Waals surface area contributed by atoms with Crippen molar-refractivity contribution in [1.29, 1.82) is 0 Å². The SMILES string of the molecule is CSc1nc(C(=O)NC2Cc3ccccc3C2)cs1. The molecule has 1 aromatic carbocycles. The number of aromatic nitrogens is 1. The molecule has 1 aliphatic carbocycles. The Morgan fingerprint density at radius 2 is 2.05 bits per heavy atom. The lowest BCUT2D eigenvalue weighted by atomic mass is 10.1. The Kier molecular flexibility index (Phi) is 3.57. The first-order chi connectivity index (χ1) is 9.26. The number of hydrogen-bond donors (Lipinski definition) is 1. The number of thioether (sulfide) groups is 1. The quantitative estimate of drug-likeness (QED) is 0.884. The van der Waals surface area contributed by atoms with Gasteiger partial charge in [0.2, 0.25) is 0 Å². The fraction of sp³-hybridized carbons (Fsp3) is 0.286. The summed E-state index contributed by atoms with van der Waals surface area (Å²) < 4.78 is 0.930. The highest BCUT2D eigenvalue weighted by Crippen LogP contribution is 2.23. The number of carbonyl (C=O) groups excluding carboxylic acids is 1. The molecule has 0 saturated carbocycles. The van der Waals surface area contributed by atoms with E-state index in [9.17, 15) is 4.79 Å². The largest absolute Gasteiger partial charge is 0.347 e. The van der Waals surface area contributed by atoms with Gasteiger partial charge in [-0.25, -0.2) is 4.98 Å². The van der Waals surface area contributed by atoms with Gasteiger partial charge >= 0.3 is 0 Å². The predicted molar refractivity (Wildman–Crippen MR) is 79.0 cm³/mol. The van der Waals surface area contributed by atoms with Gasteiger partial charge in [-0.05, 0) is 30.2 Å². The van der Waals surface area contributed by atoms with Gasteiger partial charge in [0, 0.05) is 11.4 Å². The average Bonchev–Trinajstić information content (AvgIpc) is 3.04. The Morgan fingerprint density at radius 3 is 2.63 bits per heavy atom. The minimum atomic E-state index is -0.0608. The van der Waals surface area contributed by atoms with Gasteiger partial charge in [-0.2, -0.15) is 0 Å². The van der Waals surface area contributed by atoms with Crippen LogP contribution in [0.2, 0.25) is 0 Å². The zero-order valence-electron chi connectivity index (χ0n) is 10.6. The molecule has 0 spiro atoms. The van der Waals surface area contributed by atoms with Crippen molar-refractivity contribution in [3.8, 4) is 0 Å². The van der Waals surface area contributed by atoms with Gasteiger partial charge < -0.3 is 5.32 Å². The highest BCUT2D eigenvalue weighted by molar-refractivity contribution is 8.00. The molecule has 3 nitrogen and oxygen atoms in total. The second-order valence-electron chi connectivity index (χ2n) is 4.55. The van der Waals surface area contributed by atoms with Crippen LogP contribution in [0.1, 0.15) is 21.6 Å². The molecule has 1 aliphatic rings. The minimum absolute atomic E-state index is 0.0608. The highest BCUT2D eigenvalue weighted by atomic mass is 32.2. The van der Waals surface area contributed by atoms with Crippen molar-refractivity contribution in [3.63, 3.8) is 0 Å². The molecule has 1 heterocycles. The molecule has 0 unspecified atom stereocenters. The van der Waals surface area contributed by atoms with Crippen molar-refractivity contribution >= 4 is 29.0 Å². The van der Waals surface area contributed by atoms with E-state index in [0.29, 0.717) is 5.69 Å². The molecular formula is C14H14N2OS2. The summed E-state index contributed by atoms with van der Waals surface area (Å²) in [5.74, 6) is -0.0608. The van der Waals surface area contributed by atoms with Crippen LogP contribution in [0.15, 0.2) is 34.0 Å². The van der Waals surface area contributed by atoms with E-state index in [4.69, 9.17) is 0 Å². The summed E-state index contributed by atoms with van der Waals surface area (Å²) in [6.07, 6.45) is 3.80. The Labute approximate surface area is 120 Å². The summed E-state index contributed by atoms with van der Waals surface area (Å²) in [6, 6.07) is 8.57. The molecule has 2 aromatic rings. The van der Waals surface area contributed by atoms with Gasteiger partial charge in [0.05, 0.1) is 0 Å². The van der Waals surface area contributed by atoms with Crippen LogP contribution in [0.4, 0.5) is 0 Å². The maximum atomic E-state index is 12.1. The van der Waals surface area contributed by atoms with E-state index in [1.54, 1.807) is 11.8 Å². The number of hydrogen-bond acceptors (Lipinski definition) is 4. The third-order valence-electron chi connectivity index (χ3n) is 3.28. The van der Waals surface area contributed by atoms with Crippen LogP contribution in [0, 0.1) is 0 Å². The lowest BCUT2D eigenvalue weighted by molar-refractivity contribution is 0.0934. The Bertz CT molecular complexity index is 584. The summed E-state index contributed by atoms with van der Waals surface area (Å²) in [6.45, 7) is 0. The number of nitrogens with zero attached hydrogens (tertiary/aromatic N) is 1. The first-order valence-electron chi connectivity index (χ1n) is 6.13. The molecule has 0 aliphatic heterocycles. The number of thiazole rings is 1. The molecule has 0 bridgehead atoms. The van der Waals surface area contributed by atoms with E-state index in [2.05, 4.69) is 22.4 Å². The second kappa shape index (κ2) is 5.35. The molecule has 19 heavy (non-hydrogen) atoms. The van der Waals surface area contributed by atoms with Crippen LogP contribution >= 0.6 is 23.1 Å². The summed E-state index contributed by atoms with van der Waals surface area (Å²) in [7, 11) is 0. The standard InChI is InChI=1S/C14H14N2OS2/c1-18-14-16-12(8-19-14)13(17)15-11-6-9-4-2-3-5-10(9)7-11/h2-5,8,11H,6-7H2,1H3,(H,15,17). The molecule has 0 saturated heterocycles. The number of amides is 1. The zero-order valence-corrected chi connectivity index (χ0v) is 12.2. The number of nitrogens with one attached hydrogen (secondary N) is 1. The Morgan fingerprint density at radius 1 is 1.37 bits per heavy atom. The molecule has 0 fully saturated rings. The third kappa shape index (κ3) is 2.67. The van der Waals surface area contributed by atoms with Crippen molar-refractivity contribution < 1.29 is 4.79 Å². The first-order valence-corrected chi connectivity index (χ1v) is 8.24. The monoisotopic (exact) mass is 290 g/mol. The maximum Gasteiger partial charge on any atom is 0.271 e. The van der Waals surface area contributed by atoms with Crippen molar-refractivity contribution in [2.45, 2.75) is 23.2 Å². The van der Waals surface area contributed by atoms with Crippen LogP contribution < -0.4 is 5.32 Å². The molecule has 1 amide bonds. The Balaban J connectivity index is 1.66. The van der Waals surface area contributed by atoms with E-state index in [-0.39, 0.29) is 11.9 Å². The maximum absolute atomic E-state index is 12.1. The molecule has 1 aromatic heterocycles. The third-order valence-corrected chi connectivity index (χ3v) is 5.14. The van der Waals surface area contributed by atoms with Gasteiger partial charge in [-0.1, -0.05) is 36.0 Å². The molecule has 0 radical (unpaired) electrons. The van der Waals surface area contributed by atoms with Crippen LogP contribution in [0.3, 0.4) is 0 Å². The molecule has 5 heteroatoms. The summed E-state index contributed by atoms with van der Waals surface area (Å²) in [5.41, 5.74) is 3.22. The summed E-state index contributed by atoms with van der Waals surface area (Å²) >= 11 is 3.08. The lowest BCUT2D eigenvalue weighted by Crippen LogP contribution is -2.35. The zero-order chi connectivity index (χ0) is 13.2. The van der Waals surface area contributed by atoms with Gasteiger partial charge in [0.1, 0.15) is 10.0 Å². The number of benzene rings is 1. The van der Waals surface area contributed by atoms with E-state index in [1.165, 1.54) is 22.5 Å². The van der Waals surface area contributed by atoms with Crippen LogP contribution in [0.5, 0.6) is 0 Å². The minimum Gasteiger partial charge on any atom is -0.347 e. The van der Waals surface area contributed by atoms with Crippen molar-refractivity contribution in [1.82, 2.24) is 10.3 Å². The highest BCUT2D eigenvalue weighted by Gasteiger charge is 2.23. The van der Waals surface area contributed by atoms with Gasteiger partial charge in [0.15, 0.2) is 0 Å². The molecule has 98 valence electrons. The Hall–Kier alpha value is -1.33. The van der Waals surface area contributed by atoms with Gasteiger partial charge in [-0.3, -0.25) is 4.79 Å². The molecule has 0 atom stereocenters. The fourth-order valence-electron chi connectivity index (χ4n) is 2.38. The normalized spacial score (nSPS) is 14.4. The average molecular weight is 290 g/mol. The first kappa shape index (κ1) is 12.7. The van der Waals surface area contributed by atoms with Crippen molar-refractivity contribution in [3.05, 3.63) is 46.5 Å². The number of carbonyl (C=O) groups is 1. The summed E-state index contributed by atoms with van der Waals surface area (Å²) in [4.78, 5) is 16.4. The lowest BCUT2D eigenvalue weighted by Gasteiger charge is -2.10. The van der Waals surface area contributed by atoms with Gasteiger partial charge in [-0.15, -0.1) is 11.3 Å². The van der Waals surface area contributed by atoms with E-state index in [0.717, 1.165) is 17.2 Å². The van der Waals surface area contributed by atoms with Gasteiger partial charge in [0.25, 0.3) is 5.91 Å².